The van der Waals surface area contributed by atoms with Crippen LogP contribution in [-0.2, 0) is 6.42 Å². The average molecular weight is 364 g/mol. The number of fused-ring (bicyclic) bond motifs is 1. The predicted octanol–water partition coefficient (Wildman–Crippen LogP) is 3.53. The van der Waals surface area contributed by atoms with Crippen LogP contribution in [0.2, 0.25) is 0 Å². The Labute approximate surface area is 127 Å². The van der Waals surface area contributed by atoms with Crippen LogP contribution in [0.25, 0.3) is 0 Å². The van der Waals surface area contributed by atoms with E-state index in [0.29, 0.717) is 5.92 Å². The average Bonchev–Trinajstić information content (AvgIpc) is 2.40. The maximum Gasteiger partial charge on any atom is 0.0466 e. The van der Waals surface area contributed by atoms with E-state index >= 15 is 0 Å². The molecule has 0 radical (unpaired) electrons. The summed E-state index contributed by atoms with van der Waals surface area (Å²) in [5, 5.41) is 0. The zero-order chi connectivity index (χ0) is 13.2. The number of hydrazine groups is 1. The maximum absolute atomic E-state index is 5.75. The molecule has 2 unspecified atom stereocenters. The van der Waals surface area contributed by atoms with Crippen molar-refractivity contribution in [1.29, 1.82) is 0 Å². The van der Waals surface area contributed by atoms with Crippen molar-refractivity contribution in [2.75, 3.05) is 0 Å². The Morgan fingerprint density at radius 1 is 1.21 bits per heavy atom. The molecule has 98 valence electrons. The van der Waals surface area contributed by atoms with E-state index in [-0.39, 0.29) is 6.04 Å². The minimum Gasteiger partial charge on any atom is -0.271 e. The van der Waals surface area contributed by atoms with E-state index in [9.17, 15) is 0 Å². The van der Waals surface area contributed by atoms with Crippen LogP contribution in [0.1, 0.15) is 35.1 Å². The summed E-state index contributed by atoms with van der Waals surface area (Å²) in [6.07, 6.45) is 2.24. The zero-order valence-corrected chi connectivity index (χ0v) is 12.8. The molecular formula is C16H17IN2. The summed E-state index contributed by atoms with van der Waals surface area (Å²) in [7, 11) is 0. The summed E-state index contributed by atoms with van der Waals surface area (Å²) in [5.41, 5.74) is 7.23. The van der Waals surface area contributed by atoms with Crippen molar-refractivity contribution < 1.29 is 0 Å². The molecule has 0 aliphatic heterocycles. The number of rotatable bonds is 4. The van der Waals surface area contributed by atoms with Crippen molar-refractivity contribution in [2.45, 2.75) is 24.8 Å². The van der Waals surface area contributed by atoms with Crippen molar-refractivity contribution in [3.63, 3.8) is 0 Å². The molecule has 0 saturated carbocycles. The van der Waals surface area contributed by atoms with Crippen LogP contribution in [-0.4, -0.2) is 0 Å². The maximum atomic E-state index is 5.75. The first kappa shape index (κ1) is 13.1. The molecular weight excluding hydrogens is 347 g/mol. The first-order chi connectivity index (χ1) is 9.28. The fraction of sp³-hybridized carbons (Fsp3) is 0.250. The second-order valence-electron chi connectivity index (χ2n) is 5.11. The smallest absolute Gasteiger partial charge is 0.0466 e. The molecule has 0 saturated heterocycles. The van der Waals surface area contributed by atoms with Gasteiger partial charge in [0.1, 0.15) is 0 Å². The Hall–Kier alpha value is -0.910. The van der Waals surface area contributed by atoms with Gasteiger partial charge < -0.3 is 0 Å². The van der Waals surface area contributed by atoms with Gasteiger partial charge in [-0.2, -0.15) is 0 Å². The molecule has 2 atom stereocenters. The van der Waals surface area contributed by atoms with Gasteiger partial charge in [-0.1, -0.05) is 36.4 Å². The number of nitrogens with two attached hydrogens (primary N) is 1. The molecule has 0 bridgehead atoms. The number of hydrogen-bond acceptors (Lipinski definition) is 2. The van der Waals surface area contributed by atoms with Gasteiger partial charge in [-0.05, 0) is 70.2 Å². The minimum absolute atomic E-state index is 0.230. The van der Waals surface area contributed by atoms with Gasteiger partial charge in [-0.25, -0.2) is 0 Å². The van der Waals surface area contributed by atoms with E-state index in [1.54, 1.807) is 0 Å². The number of nitrogens with one attached hydrogen (secondary N) is 1. The SMILES string of the molecule is NNC(CC1Cc2ccccc21)c1cccc(I)c1. The third-order valence-electron chi connectivity index (χ3n) is 3.93. The van der Waals surface area contributed by atoms with E-state index in [0.717, 1.165) is 6.42 Å². The Kier molecular flexibility index (Phi) is 3.86. The topological polar surface area (TPSA) is 38.0 Å². The molecule has 1 aliphatic rings. The van der Waals surface area contributed by atoms with Crippen LogP contribution in [0.5, 0.6) is 0 Å². The highest BCUT2D eigenvalue weighted by Gasteiger charge is 2.28. The monoisotopic (exact) mass is 364 g/mol. The molecule has 1 aliphatic carbocycles. The Bertz CT molecular complexity index is 582. The molecule has 2 aromatic carbocycles. The molecule has 0 amide bonds. The fourth-order valence-corrected chi connectivity index (χ4v) is 3.45. The second kappa shape index (κ2) is 5.61. The summed E-state index contributed by atoms with van der Waals surface area (Å²) in [5.74, 6) is 6.38. The summed E-state index contributed by atoms with van der Waals surface area (Å²) in [6, 6.07) is 17.5. The van der Waals surface area contributed by atoms with Gasteiger partial charge in [0, 0.05) is 9.61 Å². The lowest BCUT2D eigenvalue weighted by Gasteiger charge is -2.33. The molecule has 0 spiro atoms. The Morgan fingerprint density at radius 2 is 2.05 bits per heavy atom. The lowest BCUT2D eigenvalue weighted by Crippen LogP contribution is -2.31. The van der Waals surface area contributed by atoms with Crippen LogP contribution in [0.4, 0.5) is 0 Å². The van der Waals surface area contributed by atoms with E-state index in [1.165, 1.54) is 26.7 Å². The van der Waals surface area contributed by atoms with Crippen LogP contribution in [0, 0.1) is 3.57 Å². The normalized spacial score (nSPS) is 18.5. The molecule has 3 N–H and O–H groups in total. The molecule has 19 heavy (non-hydrogen) atoms. The highest BCUT2D eigenvalue weighted by Crippen LogP contribution is 2.40. The number of hydrogen-bond donors (Lipinski definition) is 2. The molecule has 0 heterocycles. The van der Waals surface area contributed by atoms with Gasteiger partial charge in [0.2, 0.25) is 0 Å². The van der Waals surface area contributed by atoms with Crippen LogP contribution in [0.3, 0.4) is 0 Å². The lowest BCUT2D eigenvalue weighted by atomic mass is 9.74. The predicted molar refractivity (Wildman–Crippen MR) is 86.7 cm³/mol. The van der Waals surface area contributed by atoms with Crippen LogP contribution >= 0.6 is 22.6 Å². The largest absolute Gasteiger partial charge is 0.271 e. The van der Waals surface area contributed by atoms with Crippen molar-refractivity contribution in [3.05, 3.63) is 68.8 Å². The number of halogens is 1. The molecule has 0 aromatic heterocycles. The third-order valence-corrected chi connectivity index (χ3v) is 4.60. The molecule has 2 nitrogen and oxygen atoms in total. The fourth-order valence-electron chi connectivity index (χ4n) is 2.88. The zero-order valence-electron chi connectivity index (χ0n) is 10.6. The van der Waals surface area contributed by atoms with E-state index in [4.69, 9.17) is 5.84 Å². The van der Waals surface area contributed by atoms with E-state index in [1.807, 2.05) is 0 Å². The quantitative estimate of drug-likeness (QED) is 0.495. The van der Waals surface area contributed by atoms with E-state index < -0.39 is 0 Å². The Balaban J connectivity index is 1.76. The van der Waals surface area contributed by atoms with Crippen LogP contribution < -0.4 is 11.3 Å². The second-order valence-corrected chi connectivity index (χ2v) is 6.36. The highest BCUT2D eigenvalue weighted by molar-refractivity contribution is 14.1. The van der Waals surface area contributed by atoms with Gasteiger partial charge in [0.25, 0.3) is 0 Å². The molecule has 2 aromatic rings. The van der Waals surface area contributed by atoms with Crippen molar-refractivity contribution in [2.24, 2.45) is 5.84 Å². The highest BCUT2D eigenvalue weighted by atomic mass is 127. The Morgan fingerprint density at radius 3 is 2.79 bits per heavy atom. The van der Waals surface area contributed by atoms with Gasteiger partial charge in [-0.3, -0.25) is 11.3 Å². The van der Waals surface area contributed by atoms with Crippen molar-refractivity contribution >= 4 is 22.6 Å². The summed E-state index contributed by atoms with van der Waals surface area (Å²) in [4.78, 5) is 0. The molecule has 3 rings (SSSR count). The van der Waals surface area contributed by atoms with Crippen molar-refractivity contribution in [1.82, 2.24) is 5.43 Å². The lowest BCUT2D eigenvalue weighted by molar-refractivity contribution is 0.435. The number of benzene rings is 2. The van der Waals surface area contributed by atoms with Gasteiger partial charge in [-0.15, -0.1) is 0 Å². The summed E-state index contributed by atoms with van der Waals surface area (Å²) in [6.45, 7) is 0. The summed E-state index contributed by atoms with van der Waals surface area (Å²) < 4.78 is 1.25. The minimum atomic E-state index is 0.230. The molecule has 0 fully saturated rings. The molecule has 3 heteroatoms. The van der Waals surface area contributed by atoms with Crippen molar-refractivity contribution in [3.8, 4) is 0 Å². The van der Waals surface area contributed by atoms with E-state index in [2.05, 4.69) is 76.5 Å². The first-order valence-corrected chi connectivity index (χ1v) is 7.65. The third kappa shape index (κ3) is 2.68. The standard InChI is InChI=1S/C16H17IN2/c17-14-6-3-5-12(9-14)16(19-18)10-13-8-11-4-1-2-7-15(11)13/h1-7,9,13,16,19H,8,10,18H2. The summed E-state index contributed by atoms with van der Waals surface area (Å²) >= 11 is 2.34. The first-order valence-electron chi connectivity index (χ1n) is 6.57. The van der Waals surface area contributed by atoms with Gasteiger partial charge in [0.05, 0.1) is 0 Å². The van der Waals surface area contributed by atoms with Crippen LogP contribution in [0.15, 0.2) is 48.5 Å². The van der Waals surface area contributed by atoms with Gasteiger partial charge >= 0.3 is 0 Å². The van der Waals surface area contributed by atoms with Gasteiger partial charge in [0.15, 0.2) is 0 Å².